The van der Waals surface area contributed by atoms with E-state index in [1.54, 1.807) is 0 Å². The minimum absolute atomic E-state index is 0.154. The number of benzene rings is 2. The van der Waals surface area contributed by atoms with Gasteiger partial charge in [-0.3, -0.25) is 4.57 Å². The third-order valence-electron chi connectivity index (χ3n) is 3.06. The fourth-order valence-corrected chi connectivity index (χ4v) is 3.25. The number of hydrogen-bond donors (Lipinski definition) is 0. The summed E-state index contributed by atoms with van der Waals surface area (Å²) in [5, 5.41) is -0.154. The Hall–Kier alpha value is -0.590. The largest absolute Gasteiger partial charge is 0.295 e. The van der Waals surface area contributed by atoms with Crippen molar-refractivity contribution in [2.75, 3.05) is 0 Å². The lowest BCUT2D eigenvalue weighted by molar-refractivity contribution is 0.882. The van der Waals surface area contributed by atoms with Crippen LogP contribution >= 0.6 is 50.1 Å². The highest BCUT2D eigenvalue weighted by molar-refractivity contribution is 14.1. The second kappa shape index (κ2) is 5.66. The number of aromatic nitrogens is 2. The van der Waals surface area contributed by atoms with Crippen molar-refractivity contribution in [2.45, 2.75) is 12.3 Å². The molecule has 3 aromatic rings. The molecule has 0 aliphatic heterocycles. The van der Waals surface area contributed by atoms with E-state index in [0.29, 0.717) is 0 Å². The van der Waals surface area contributed by atoms with Gasteiger partial charge in [0.05, 0.1) is 16.4 Å². The predicted octanol–water partition coefficient (Wildman–Crippen LogP) is 5.69. The normalized spacial score (nSPS) is 12.8. The summed E-state index contributed by atoms with van der Waals surface area (Å²) >= 11 is 12.1. The Bertz CT molecular complexity index is 783. The van der Waals surface area contributed by atoms with E-state index >= 15 is 0 Å². The second-order valence-corrected chi connectivity index (χ2v) is 7.35. The standard InChI is InChI=1S/C15H11BrClIN2/c1-9(17)15-19-13-7-10(16)5-6-14(13)20(15)12-4-2-3-11(18)8-12/h2-9H,1H3. The Kier molecular flexibility index (Phi) is 4.06. The molecule has 0 aliphatic rings. The van der Waals surface area contributed by atoms with E-state index in [2.05, 4.69) is 72.3 Å². The molecular weight excluding hydrogens is 450 g/mol. The van der Waals surface area contributed by atoms with Crippen LogP contribution in [0.15, 0.2) is 46.9 Å². The number of alkyl halides is 1. The molecule has 1 atom stereocenters. The first-order valence-electron chi connectivity index (χ1n) is 6.14. The van der Waals surface area contributed by atoms with Crippen LogP contribution in [0.25, 0.3) is 16.7 Å². The number of rotatable bonds is 2. The van der Waals surface area contributed by atoms with Crippen molar-refractivity contribution in [3.63, 3.8) is 0 Å². The van der Waals surface area contributed by atoms with Crippen LogP contribution in [0.5, 0.6) is 0 Å². The van der Waals surface area contributed by atoms with E-state index in [4.69, 9.17) is 11.6 Å². The molecule has 0 radical (unpaired) electrons. The molecule has 0 aliphatic carbocycles. The van der Waals surface area contributed by atoms with Crippen LogP contribution in [-0.2, 0) is 0 Å². The van der Waals surface area contributed by atoms with Crippen molar-refractivity contribution in [1.82, 2.24) is 9.55 Å². The zero-order valence-electron chi connectivity index (χ0n) is 10.6. The monoisotopic (exact) mass is 460 g/mol. The SMILES string of the molecule is CC(Cl)c1nc2cc(Br)ccc2n1-c1cccc(I)c1. The lowest BCUT2D eigenvalue weighted by atomic mass is 10.2. The van der Waals surface area contributed by atoms with Crippen LogP contribution in [0.4, 0.5) is 0 Å². The van der Waals surface area contributed by atoms with Crippen molar-refractivity contribution < 1.29 is 0 Å². The molecule has 1 aromatic heterocycles. The maximum atomic E-state index is 6.31. The number of hydrogen-bond acceptors (Lipinski definition) is 1. The third-order valence-corrected chi connectivity index (χ3v) is 4.42. The number of halogens is 3. The van der Waals surface area contributed by atoms with Gasteiger partial charge < -0.3 is 0 Å². The van der Waals surface area contributed by atoms with Crippen molar-refractivity contribution in [3.8, 4) is 5.69 Å². The van der Waals surface area contributed by atoms with Crippen molar-refractivity contribution in [2.24, 2.45) is 0 Å². The first-order valence-corrected chi connectivity index (χ1v) is 8.45. The van der Waals surface area contributed by atoms with Gasteiger partial charge in [0.1, 0.15) is 5.82 Å². The number of nitrogens with zero attached hydrogens (tertiary/aromatic N) is 2. The molecule has 0 N–H and O–H groups in total. The van der Waals surface area contributed by atoms with Gasteiger partial charge in [0, 0.05) is 13.7 Å². The Morgan fingerprint density at radius 1 is 1.25 bits per heavy atom. The fourth-order valence-electron chi connectivity index (χ4n) is 2.23. The molecule has 0 saturated carbocycles. The van der Waals surface area contributed by atoms with E-state index in [9.17, 15) is 0 Å². The highest BCUT2D eigenvalue weighted by Gasteiger charge is 2.16. The van der Waals surface area contributed by atoms with Gasteiger partial charge in [-0.2, -0.15) is 0 Å². The topological polar surface area (TPSA) is 17.8 Å². The molecule has 1 unspecified atom stereocenters. The van der Waals surface area contributed by atoms with Gasteiger partial charge in [0.2, 0.25) is 0 Å². The van der Waals surface area contributed by atoms with Crippen LogP contribution in [0.3, 0.4) is 0 Å². The lowest BCUT2D eigenvalue weighted by Crippen LogP contribution is -2.02. The van der Waals surface area contributed by atoms with E-state index < -0.39 is 0 Å². The first-order chi connectivity index (χ1) is 9.56. The third kappa shape index (κ3) is 2.61. The fraction of sp³-hybridized carbons (Fsp3) is 0.133. The molecule has 0 spiro atoms. The molecule has 5 heteroatoms. The predicted molar refractivity (Wildman–Crippen MR) is 95.8 cm³/mol. The van der Waals surface area contributed by atoms with E-state index in [1.807, 2.05) is 25.1 Å². The quantitative estimate of drug-likeness (QED) is 0.354. The van der Waals surface area contributed by atoms with Crippen molar-refractivity contribution in [3.05, 3.63) is 56.3 Å². The Morgan fingerprint density at radius 3 is 2.75 bits per heavy atom. The van der Waals surface area contributed by atoms with Gasteiger partial charge >= 0.3 is 0 Å². The summed E-state index contributed by atoms with van der Waals surface area (Å²) in [6, 6.07) is 14.4. The highest BCUT2D eigenvalue weighted by atomic mass is 127. The van der Waals surface area contributed by atoms with E-state index in [1.165, 1.54) is 3.57 Å². The van der Waals surface area contributed by atoms with Gasteiger partial charge in [0.15, 0.2) is 0 Å². The number of imidazole rings is 1. The summed E-state index contributed by atoms with van der Waals surface area (Å²) in [7, 11) is 0. The Morgan fingerprint density at radius 2 is 2.05 bits per heavy atom. The molecule has 2 nitrogen and oxygen atoms in total. The van der Waals surface area contributed by atoms with Gasteiger partial charge in [-0.15, -0.1) is 11.6 Å². The first kappa shape index (κ1) is 14.4. The van der Waals surface area contributed by atoms with E-state index in [-0.39, 0.29) is 5.38 Å². The average Bonchev–Trinajstić information content (AvgIpc) is 2.77. The summed E-state index contributed by atoms with van der Waals surface area (Å²) in [5.41, 5.74) is 3.10. The zero-order valence-corrected chi connectivity index (χ0v) is 15.1. The minimum Gasteiger partial charge on any atom is -0.295 e. The highest BCUT2D eigenvalue weighted by Crippen LogP contribution is 2.30. The van der Waals surface area contributed by atoms with Gasteiger partial charge in [-0.25, -0.2) is 4.98 Å². The smallest absolute Gasteiger partial charge is 0.132 e. The molecule has 3 rings (SSSR count). The summed E-state index contributed by atoms with van der Waals surface area (Å²) in [5.74, 6) is 0.863. The molecule has 1 heterocycles. The average molecular weight is 462 g/mol. The van der Waals surface area contributed by atoms with E-state index in [0.717, 1.165) is 27.0 Å². The second-order valence-electron chi connectivity index (χ2n) is 4.53. The zero-order chi connectivity index (χ0) is 14.3. The van der Waals surface area contributed by atoms with Crippen LogP contribution in [0.2, 0.25) is 0 Å². The van der Waals surface area contributed by atoms with Crippen LogP contribution in [0, 0.1) is 3.57 Å². The molecule has 2 aromatic carbocycles. The summed E-state index contributed by atoms with van der Waals surface area (Å²) < 4.78 is 4.33. The van der Waals surface area contributed by atoms with Crippen LogP contribution in [-0.4, -0.2) is 9.55 Å². The summed E-state index contributed by atoms with van der Waals surface area (Å²) in [6.07, 6.45) is 0. The Labute approximate surface area is 144 Å². The number of fused-ring (bicyclic) bond motifs is 1. The van der Waals surface area contributed by atoms with Gasteiger partial charge in [0.25, 0.3) is 0 Å². The molecule has 0 bridgehead atoms. The molecule has 102 valence electrons. The molecular formula is C15H11BrClIN2. The minimum atomic E-state index is -0.154. The van der Waals surface area contributed by atoms with Crippen molar-refractivity contribution >= 4 is 61.2 Å². The van der Waals surface area contributed by atoms with Gasteiger partial charge in [-0.05, 0) is 65.9 Å². The molecule has 0 fully saturated rings. The summed E-state index contributed by atoms with van der Waals surface area (Å²) in [6.45, 7) is 1.95. The molecule has 20 heavy (non-hydrogen) atoms. The van der Waals surface area contributed by atoms with Crippen LogP contribution in [0.1, 0.15) is 18.1 Å². The maximum absolute atomic E-state index is 6.31. The Balaban J connectivity index is 2.34. The van der Waals surface area contributed by atoms with Crippen LogP contribution < -0.4 is 0 Å². The summed E-state index contributed by atoms with van der Waals surface area (Å²) in [4.78, 5) is 4.68. The lowest BCUT2D eigenvalue weighted by Gasteiger charge is -2.11. The van der Waals surface area contributed by atoms with Gasteiger partial charge in [-0.1, -0.05) is 22.0 Å². The molecule has 0 amide bonds. The maximum Gasteiger partial charge on any atom is 0.132 e. The van der Waals surface area contributed by atoms with Crippen molar-refractivity contribution in [1.29, 1.82) is 0 Å². The molecule has 0 saturated heterocycles.